The van der Waals surface area contributed by atoms with E-state index in [1.807, 2.05) is 0 Å². The van der Waals surface area contributed by atoms with Crippen molar-refractivity contribution in [3.05, 3.63) is 0 Å². The van der Waals surface area contributed by atoms with Gasteiger partial charge in [-0.1, -0.05) is 6.92 Å². The molecule has 0 saturated carbocycles. The minimum absolute atomic E-state index is 0.0101. The molecule has 16 heavy (non-hydrogen) atoms. The summed E-state index contributed by atoms with van der Waals surface area (Å²) < 4.78 is 22.7. The molecule has 2 aliphatic rings. The van der Waals surface area contributed by atoms with Gasteiger partial charge >= 0.3 is 6.03 Å². The quantitative estimate of drug-likeness (QED) is 0.690. The lowest BCUT2D eigenvalue weighted by atomic mass is 9.73. The summed E-state index contributed by atoms with van der Waals surface area (Å²) in [6.07, 6.45) is 1.44. The highest BCUT2D eigenvalue weighted by Gasteiger charge is 2.40. The van der Waals surface area contributed by atoms with E-state index in [0.29, 0.717) is 30.5 Å². The van der Waals surface area contributed by atoms with E-state index in [-0.39, 0.29) is 11.4 Å². The zero-order valence-corrected chi connectivity index (χ0v) is 10.3. The first kappa shape index (κ1) is 11.7. The molecule has 2 saturated heterocycles. The van der Waals surface area contributed by atoms with Gasteiger partial charge in [-0.2, -0.15) is 0 Å². The summed E-state index contributed by atoms with van der Waals surface area (Å²) in [5.74, 6) is 0.965. The monoisotopic (exact) mass is 246 g/mol. The highest BCUT2D eigenvalue weighted by Crippen LogP contribution is 2.36. The van der Waals surface area contributed by atoms with Gasteiger partial charge in [-0.3, -0.25) is 0 Å². The minimum atomic E-state index is -2.80. The molecule has 0 bridgehead atoms. The van der Waals surface area contributed by atoms with Crippen LogP contribution in [-0.2, 0) is 9.84 Å². The van der Waals surface area contributed by atoms with Gasteiger partial charge in [-0.15, -0.1) is 0 Å². The van der Waals surface area contributed by atoms with E-state index in [0.717, 1.165) is 12.8 Å². The molecule has 0 aromatic carbocycles. The van der Waals surface area contributed by atoms with Crippen LogP contribution in [0, 0.1) is 11.3 Å². The van der Waals surface area contributed by atoms with Crippen LogP contribution >= 0.6 is 0 Å². The molecule has 92 valence electrons. The lowest BCUT2D eigenvalue weighted by molar-refractivity contribution is 0.140. The van der Waals surface area contributed by atoms with Crippen LogP contribution < -0.4 is 10.6 Å². The largest absolute Gasteiger partial charge is 0.338 e. The van der Waals surface area contributed by atoms with Crippen LogP contribution in [0.4, 0.5) is 4.79 Å². The molecule has 0 aliphatic carbocycles. The smallest absolute Gasteiger partial charge is 0.314 e. The second-order valence-electron chi connectivity index (χ2n) is 5.12. The molecule has 0 aromatic rings. The first-order valence-corrected chi connectivity index (χ1v) is 7.46. The van der Waals surface area contributed by atoms with E-state index >= 15 is 0 Å². The molecule has 0 radical (unpaired) electrons. The van der Waals surface area contributed by atoms with Crippen LogP contribution in [0.15, 0.2) is 0 Å². The Morgan fingerprint density at radius 2 is 1.69 bits per heavy atom. The number of carbonyl (C=O) groups excluding carboxylic acids is 1. The van der Waals surface area contributed by atoms with E-state index < -0.39 is 9.84 Å². The third kappa shape index (κ3) is 2.31. The Kier molecular flexibility index (Phi) is 2.86. The molecule has 0 aromatic heterocycles. The average Bonchev–Trinajstić information content (AvgIpc) is 2.22. The van der Waals surface area contributed by atoms with E-state index in [1.54, 1.807) is 0 Å². The third-order valence-electron chi connectivity index (χ3n) is 3.85. The number of hydrogen-bond donors (Lipinski definition) is 2. The molecular formula is C10H18N2O3S. The number of carbonyl (C=O) groups is 1. The fourth-order valence-corrected chi connectivity index (χ4v) is 4.06. The lowest BCUT2D eigenvalue weighted by Gasteiger charge is -2.42. The SMILES string of the molecule is CC1(C2CCS(=O)(=O)CC2)CNC(=O)NC1. The van der Waals surface area contributed by atoms with Gasteiger partial charge in [0.15, 0.2) is 0 Å². The van der Waals surface area contributed by atoms with Crippen molar-refractivity contribution in [1.82, 2.24) is 10.6 Å². The fourth-order valence-electron chi connectivity index (χ4n) is 2.57. The molecule has 0 atom stereocenters. The summed E-state index contributed by atoms with van der Waals surface area (Å²) in [6, 6.07) is -0.124. The second kappa shape index (κ2) is 3.91. The number of sulfone groups is 1. The van der Waals surface area contributed by atoms with Crippen molar-refractivity contribution in [1.29, 1.82) is 0 Å². The third-order valence-corrected chi connectivity index (χ3v) is 5.56. The molecule has 2 rings (SSSR count). The lowest BCUT2D eigenvalue weighted by Crippen LogP contribution is -2.57. The summed E-state index contributed by atoms with van der Waals surface area (Å²) >= 11 is 0. The average molecular weight is 246 g/mol. The number of amides is 2. The Morgan fingerprint density at radius 1 is 1.19 bits per heavy atom. The maximum atomic E-state index is 11.3. The first-order chi connectivity index (χ1) is 7.41. The maximum absolute atomic E-state index is 11.3. The molecule has 2 fully saturated rings. The van der Waals surface area contributed by atoms with Crippen molar-refractivity contribution < 1.29 is 13.2 Å². The Labute approximate surface area is 95.9 Å². The van der Waals surface area contributed by atoms with E-state index in [4.69, 9.17) is 0 Å². The number of rotatable bonds is 1. The van der Waals surface area contributed by atoms with E-state index in [9.17, 15) is 13.2 Å². The van der Waals surface area contributed by atoms with Crippen molar-refractivity contribution >= 4 is 15.9 Å². The van der Waals surface area contributed by atoms with Crippen molar-refractivity contribution in [2.24, 2.45) is 11.3 Å². The first-order valence-electron chi connectivity index (χ1n) is 5.63. The molecule has 0 unspecified atom stereocenters. The fraction of sp³-hybridized carbons (Fsp3) is 0.900. The highest BCUT2D eigenvalue weighted by atomic mass is 32.2. The van der Waals surface area contributed by atoms with Gasteiger partial charge in [-0.05, 0) is 18.8 Å². The minimum Gasteiger partial charge on any atom is -0.338 e. The van der Waals surface area contributed by atoms with Crippen LogP contribution in [0.25, 0.3) is 0 Å². The van der Waals surface area contributed by atoms with Crippen LogP contribution in [-0.4, -0.2) is 39.0 Å². The molecule has 6 heteroatoms. The summed E-state index contributed by atoms with van der Waals surface area (Å²) in [5, 5.41) is 5.58. The van der Waals surface area contributed by atoms with Gasteiger partial charge in [0.05, 0.1) is 11.5 Å². The summed E-state index contributed by atoms with van der Waals surface area (Å²) in [4.78, 5) is 11.0. The Morgan fingerprint density at radius 3 is 2.19 bits per heavy atom. The molecule has 2 heterocycles. The number of nitrogens with one attached hydrogen (secondary N) is 2. The van der Waals surface area contributed by atoms with Crippen LogP contribution in [0.5, 0.6) is 0 Å². The molecule has 0 spiro atoms. The molecule has 2 aliphatic heterocycles. The number of urea groups is 1. The van der Waals surface area contributed by atoms with Crippen LogP contribution in [0.1, 0.15) is 19.8 Å². The van der Waals surface area contributed by atoms with Crippen LogP contribution in [0.3, 0.4) is 0 Å². The Hall–Kier alpha value is -0.780. The summed E-state index contributed by atoms with van der Waals surface area (Å²) in [5.41, 5.74) is -0.0101. The zero-order valence-electron chi connectivity index (χ0n) is 9.45. The highest BCUT2D eigenvalue weighted by molar-refractivity contribution is 7.91. The van der Waals surface area contributed by atoms with Crippen molar-refractivity contribution in [2.75, 3.05) is 24.6 Å². The summed E-state index contributed by atoms with van der Waals surface area (Å²) in [6.45, 7) is 3.40. The predicted octanol–water partition coefficient (Wildman–Crippen LogP) is 0.130. The van der Waals surface area contributed by atoms with Gasteiger partial charge in [0.2, 0.25) is 0 Å². The van der Waals surface area contributed by atoms with Gasteiger partial charge in [0.25, 0.3) is 0 Å². The van der Waals surface area contributed by atoms with Gasteiger partial charge in [0, 0.05) is 18.5 Å². The van der Waals surface area contributed by atoms with Crippen molar-refractivity contribution in [3.63, 3.8) is 0 Å². The molecule has 5 nitrogen and oxygen atoms in total. The number of hydrogen-bond acceptors (Lipinski definition) is 3. The van der Waals surface area contributed by atoms with Crippen LogP contribution in [0.2, 0.25) is 0 Å². The van der Waals surface area contributed by atoms with E-state index in [1.165, 1.54) is 0 Å². The Bertz CT molecular complexity index is 367. The standard InChI is InChI=1S/C10H18N2O3S/c1-10(6-11-9(13)12-7-10)8-2-4-16(14,15)5-3-8/h8H,2-7H2,1H3,(H2,11,12,13). The van der Waals surface area contributed by atoms with E-state index in [2.05, 4.69) is 17.6 Å². The normalized spacial score (nSPS) is 29.2. The molecular weight excluding hydrogens is 228 g/mol. The maximum Gasteiger partial charge on any atom is 0.314 e. The Balaban J connectivity index is 2.00. The summed E-state index contributed by atoms with van der Waals surface area (Å²) in [7, 11) is -2.80. The zero-order chi connectivity index (χ0) is 11.8. The van der Waals surface area contributed by atoms with Gasteiger partial charge in [0.1, 0.15) is 9.84 Å². The second-order valence-corrected chi connectivity index (χ2v) is 7.42. The van der Waals surface area contributed by atoms with Gasteiger partial charge in [-0.25, -0.2) is 13.2 Å². The molecule has 2 amide bonds. The topological polar surface area (TPSA) is 75.3 Å². The van der Waals surface area contributed by atoms with Crippen molar-refractivity contribution in [3.8, 4) is 0 Å². The molecule has 2 N–H and O–H groups in total. The van der Waals surface area contributed by atoms with Gasteiger partial charge < -0.3 is 10.6 Å². The predicted molar refractivity (Wildman–Crippen MR) is 60.9 cm³/mol. The van der Waals surface area contributed by atoms with Crippen molar-refractivity contribution in [2.45, 2.75) is 19.8 Å².